The van der Waals surface area contributed by atoms with Crippen LogP contribution in [-0.4, -0.2) is 44.3 Å². The summed E-state index contributed by atoms with van der Waals surface area (Å²) in [7, 11) is -4.17. The summed E-state index contributed by atoms with van der Waals surface area (Å²) in [5.74, 6) is -1.15. The summed E-state index contributed by atoms with van der Waals surface area (Å²) in [6.45, 7) is 5.64. The molecule has 1 N–H and O–H groups in total. The molecule has 0 aliphatic rings. The van der Waals surface area contributed by atoms with Crippen molar-refractivity contribution in [2.45, 2.75) is 50.6 Å². The van der Waals surface area contributed by atoms with Crippen molar-refractivity contribution in [1.82, 2.24) is 10.2 Å². The van der Waals surface area contributed by atoms with Crippen molar-refractivity contribution in [3.63, 3.8) is 0 Å². The van der Waals surface area contributed by atoms with E-state index in [1.54, 1.807) is 49.4 Å². The van der Waals surface area contributed by atoms with Crippen LogP contribution < -0.4 is 9.62 Å². The Morgan fingerprint density at radius 1 is 0.795 bits per heavy atom. The number of likely N-dealkylation sites (N-methyl/N-ethyl adjacent to an activating group) is 1. The summed E-state index contributed by atoms with van der Waals surface area (Å²) in [4.78, 5) is 29.3. The van der Waals surface area contributed by atoms with Gasteiger partial charge in [0, 0.05) is 19.5 Å². The first-order valence-corrected chi connectivity index (χ1v) is 16.1. The average Bonchev–Trinajstić information content (AvgIpc) is 3.03. The topological polar surface area (TPSA) is 86.8 Å². The van der Waals surface area contributed by atoms with Crippen molar-refractivity contribution < 1.29 is 22.4 Å². The summed E-state index contributed by atoms with van der Waals surface area (Å²) in [5, 5.41) is 2.83. The van der Waals surface area contributed by atoms with Crippen molar-refractivity contribution in [2.24, 2.45) is 0 Å². The van der Waals surface area contributed by atoms with Crippen LogP contribution in [0.25, 0.3) is 0 Å². The molecule has 1 unspecified atom stereocenters. The lowest BCUT2D eigenvalue weighted by atomic mass is 10.0. The molecule has 0 spiro atoms. The van der Waals surface area contributed by atoms with E-state index >= 15 is 0 Å². The van der Waals surface area contributed by atoms with Gasteiger partial charge in [-0.2, -0.15) is 0 Å². The molecule has 0 saturated carbocycles. The zero-order valence-electron chi connectivity index (χ0n) is 25.2. The number of benzene rings is 4. The molecule has 4 aromatic rings. The number of nitrogens with zero attached hydrogens (tertiary/aromatic N) is 2. The molecule has 0 heterocycles. The molecule has 0 aliphatic heterocycles. The summed E-state index contributed by atoms with van der Waals surface area (Å²) < 4.78 is 42.9. The third-order valence-electron chi connectivity index (χ3n) is 7.35. The molecule has 9 heteroatoms. The first kappa shape index (κ1) is 32.4. The highest BCUT2D eigenvalue weighted by molar-refractivity contribution is 7.92. The highest BCUT2D eigenvalue weighted by atomic mass is 32.2. The Labute approximate surface area is 259 Å². The second kappa shape index (κ2) is 14.8. The standard InChI is InChI=1S/C35H38FN3O4S/c1-4-37-35(41)33(23-27-11-7-5-8-12-27)38(24-28-15-19-30(36)20-16-28)34(40)25-39(31-21-17-29(18-22-31)26(2)3)44(42,43)32-13-9-6-10-14-32/h5-22,26,33H,4,23-25H2,1-3H3,(H,37,41). The molecule has 0 bridgehead atoms. The molecule has 4 rings (SSSR count). The maximum atomic E-state index is 14.4. The minimum absolute atomic E-state index is 0.0285. The predicted molar refractivity (Wildman–Crippen MR) is 171 cm³/mol. The van der Waals surface area contributed by atoms with Crippen molar-refractivity contribution in [3.05, 3.63) is 132 Å². The SMILES string of the molecule is CCNC(=O)C(Cc1ccccc1)N(Cc1ccc(F)cc1)C(=O)CN(c1ccc(C(C)C)cc1)S(=O)(=O)c1ccccc1. The number of hydrogen-bond donors (Lipinski definition) is 1. The fourth-order valence-electron chi connectivity index (χ4n) is 4.91. The van der Waals surface area contributed by atoms with Crippen molar-refractivity contribution in [3.8, 4) is 0 Å². The summed E-state index contributed by atoms with van der Waals surface area (Å²) >= 11 is 0. The second-order valence-electron chi connectivity index (χ2n) is 10.8. The summed E-state index contributed by atoms with van der Waals surface area (Å²) in [6, 6.07) is 29.1. The predicted octanol–water partition coefficient (Wildman–Crippen LogP) is 5.92. The van der Waals surface area contributed by atoms with Crippen LogP contribution in [-0.2, 0) is 32.6 Å². The molecule has 44 heavy (non-hydrogen) atoms. The van der Waals surface area contributed by atoms with Gasteiger partial charge >= 0.3 is 0 Å². The molecule has 2 amide bonds. The van der Waals surface area contributed by atoms with Crippen molar-refractivity contribution in [2.75, 3.05) is 17.4 Å². The van der Waals surface area contributed by atoms with Gasteiger partial charge < -0.3 is 10.2 Å². The third-order valence-corrected chi connectivity index (χ3v) is 9.13. The zero-order valence-corrected chi connectivity index (χ0v) is 26.0. The van der Waals surface area contributed by atoms with Gasteiger partial charge in [0.1, 0.15) is 18.4 Å². The lowest BCUT2D eigenvalue weighted by molar-refractivity contribution is -0.140. The van der Waals surface area contributed by atoms with E-state index in [0.29, 0.717) is 17.8 Å². The fraction of sp³-hybridized carbons (Fsp3) is 0.257. The smallest absolute Gasteiger partial charge is 0.264 e. The number of carbonyl (C=O) groups is 2. The minimum Gasteiger partial charge on any atom is -0.355 e. The Bertz CT molecular complexity index is 1630. The van der Waals surface area contributed by atoms with Crippen LogP contribution >= 0.6 is 0 Å². The van der Waals surface area contributed by atoms with Crippen LogP contribution in [0.15, 0.2) is 114 Å². The maximum absolute atomic E-state index is 14.4. The van der Waals surface area contributed by atoms with E-state index in [9.17, 15) is 22.4 Å². The molecule has 0 aliphatic carbocycles. The number of rotatable bonds is 13. The van der Waals surface area contributed by atoms with Gasteiger partial charge in [-0.3, -0.25) is 13.9 Å². The Morgan fingerprint density at radius 3 is 1.95 bits per heavy atom. The number of carbonyl (C=O) groups excluding carboxylic acids is 2. The monoisotopic (exact) mass is 615 g/mol. The molecule has 1 atom stereocenters. The van der Waals surface area contributed by atoms with E-state index in [2.05, 4.69) is 5.32 Å². The van der Waals surface area contributed by atoms with Gasteiger partial charge in [-0.25, -0.2) is 12.8 Å². The molecule has 4 aromatic carbocycles. The number of anilines is 1. The molecule has 230 valence electrons. The first-order valence-electron chi connectivity index (χ1n) is 14.6. The molecular formula is C35H38FN3O4S. The number of halogens is 1. The van der Waals surface area contributed by atoms with Gasteiger partial charge in [0.15, 0.2) is 0 Å². The van der Waals surface area contributed by atoms with Gasteiger partial charge in [0.25, 0.3) is 10.0 Å². The van der Waals surface area contributed by atoms with E-state index < -0.39 is 34.3 Å². The van der Waals surface area contributed by atoms with Gasteiger partial charge in [-0.15, -0.1) is 0 Å². The second-order valence-corrected chi connectivity index (χ2v) is 12.7. The van der Waals surface area contributed by atoms with Crippen LogP contribution in [0.3, 0.4) is 0 Å². The molecule has 0 fully saturated rings. The largest absolute Gasteiger partial charge is 0.355 e. The van der Waals surface area contributed by atoms with E-state index in [0.717, 1.165) is 15.4 Å². The zero-order chi connectivity index (χ0) is 31.7. The Kier molecular flexibility index (Phi) is 10.9. The molecule has 7 nitrogen and oxygen atoms in total. The van der Waals surface area contributed by atoms with Gasteiger partial charge in [0.2, 0.25) is 11.8 Å². The Hall–Kier alpha value is -4.50. The molecule has 0 radical (unpaired) electrons. The lowest BCUT2D eigenvalue weighted by Gasteiger charge is -2.34. The molecule has 0 saturated heterocycles. The number of sulfonamides is 1. The number of nitrogens with one attached hydrogen (secondary N) is 1. The van der Waals surface area contributed by atoms with Crippen LogP contribution in [0, 0.1) is 5.82 Å². The van der Waals surface area contributed by atoms with Crippen molar-refractivity contribution in [1.29, 1.82) is 0 Å². The Morgan fingerprint density at radius 2 is 1.39 bits per heavy atom. The van der Waals surface area contributed by atoms with E-state index in [-0.39, 0.29) is 29.7 Å². The summed E-state index contributed by atoms with van der Waals surface area (Å²) in [5.41, 5.74) is 2.78. The fourth-order valence-corrected chi connectivity index (χ4v) is 6.34. The van der Waals surface area contributed by atoms with E-state index in [1.807, 2.05) is 56.3 Å². The maximum Gasteiger partial charge on any atom is 0.264 e. The number of amides is 2. The van der Waals surface area contributed by atoms with E-state index in [4.69, 9.17) is 0 Å². The lowest BCUT2D eigenvalue weighted by Crippen LogP contribution is -2.53. The van der Waals surface area contributed by atoms with Crippen molar-refractivity contribution >= 4 is 27.5 Å². The number of hydrogen-bond acceptors (Lipinski definition) is 4. The van der Waals surface area contributed by atoms with Crippen LogP contribution in [0.4, 0.5) is 10.1 Å². The quantitative estimate of drug-likeness (QED) is 0.202. The van der Waals surface area contributed by atoms with E-state index in [1.165, 1.54) is 29.2 Å². The summed E-state index contributed by atoms with van der Waals surface area (Å²) in [6.07, 6.45) is 0.203. The van der Waals surface area contributed by atoms with Crippen LogP contribution in [0.5, 0.6) is 0 Å². The third kappa shape index (κ3) is 8.11. The van der Waals surface area contributed by atoms with Gasteiger partial charge in [-0.1, -0.05) is 86.6 Å². The van der Waals surface area contributed by atoms with Crippen LogP contribution in [0.1, 0.15) is 43.4 Å². The minimum atomic E-state index is -4.17. The molecular weight excluding hydrogens is 577 g/mol. The van der Waals surface area contributed by atoms with Gasteiger partial charge in [-0.05, 0) is 65.9 Å². The highest BCUT2D eigenvalue weighted by Crippen LogP contribution is 2.27. The Balaban J connectivity index is 1.79. The normalized spacial score (nSPS) is 12.0. The highest BCUT2D eigenvalue weighted by Gasteiger charge is 2.34. The molecule has 0 aromatic heterocycles. The van der Waals surface area contributed by atoms with Gasteiger partial charge in [0.05, 0.1) is 10.6 Å². The first-order chi connectivity index (χ1) is 21.1. The average molecular weight is 616 g/mol. The van der Waals surface area contributed by atoms with Crippen LogP contribution in [0.2, 0.25) is 0 Å².